The average molecular weight is 294 g/mol. The normalized spacial score (nSPS) is 10.9. The standard InChI is InChI=1S/C12H14N4O3S/c1-6(2)16-11(19)14-15-12(16)20-9-4-3-7(13)5-8(9)10(17)18/h3-6H,13H2,1-2H3,(H,14,19)(H,17,18). The van der Waals surface area contributed by atoms with Crippen molar-refractivity contribution in [1.82, 2.24) is 14.8 Å². The molecule has 20 heavy (non-hydrogen) atoms. The number of anilines is 1. The molecule has 0 aliphatic heterocycles. The number of H-pyrrole nitrogens is 1. The molecular weight excluding hydrogens is 280 g/mol. The Morgan fingerprint density at radius 3 is 2.80 bits per heavy atom. The van der Waals surface area contributed by atoms with Gasteiger partial charge in [0, 0.05) is 16.6 Å². The van der Waals surface area contributed by atoms with Crippen LogP contribution in [0.5, 0.6) is 0 Å². The summed E-state index contributed by atoms with van der Waals surface area (Å²) in [5.74, 6) is -1.08. The smallest absolute Gasteiger partial charge is 0.344 e. The molecule has 1 aromatic heterocycles. The minimum Gasteiger partial charge on any atom is -0.478 e. The first-order valence-electron chi connectivity index (χ1n) is 5.87. The largest absolute Gasteiger partial charge is 0.478 e. The van der Waals surface area contributed by atoms with Gasteiger partial charge in [-0.3, -0.25) is 4.57 Å². The number of nitrogens with zero attached hydrogens (tertiary/aromatic N) is 2. The van der Waals surface area contributed by atoms with Gasteiger partial charge in [-0.05, 0) is 43.8 Å². The summed E-state index contributed by atoms with van der Waals surface area (Å²) < 4.78 is 1.46. The summed E-state index contributed by atoms with van der Waals surface area (Å²) in [6, 6.07) is 4.52. The lowest BCUT2D eigenvalue weighted by Gasteiger charge is -2.10. The Morgan fingerprint density at radius 1 is 1.50 bits per heavy atom. The van der Waals surface area contributed by atoms with Gasteiger partial charge in [0.15, 0.2) is 5.16 Å². The lowest BCUT2D eigenvalue weighted by Crippen LogP contribution is -2.19. The van der Waals surface area contributed by atoms with Crippen molar-refractivity contribution in [3.05, 3.63) is 34.2 Å². The van der Waals surface area contributed by atoms with E-state index >= 15 is 0 Å². The fourth-order valence-electron chi connectivity index (χ4n) is 1.72. The second kappa shape index (κ2) is 5.41. The first-order valence-corrected chi connectivity index (χ1v) is 6.69. The first-order chi connectivity index (χ1) is 9.40. The molecule has 0 atom stereocenters. The summed E-state index contributed by atoms with van der Waals surface area (Å²) in [5.41, 5.74) is 5.72. The van der Waals surface area contributed by atoms with E-state index in [-0.39, 0.29) is 17.3 Å². The zero-order valence-electron chi connectivity index (χ0n) is 11.0. The molecule has 7 nitrogen and oxygen atoms in total. The van der Waals surface area contributed by atoms with E-state index in [9.17, 15) is 14.7 Å². The van der Waals surface area contributed by atoms with Crippen molar-refractivity contribution in [2.45, 2.75) is 29.9 Å². The molecule has 106 valence electrons. The van der Waals surface area contributed by atoms with E-state index in [1.165, 1.54) is 10.6 Å². The zero-order valence-corrected chi connectivity index (χ0v) is 11.8. The summed E-state index contributed by atoms with van der Waals surface area (Å²) in [6.07, 6.45) is 0. The molecule has 0 unspecified atom stereocenters. The van der Waals surface area contributed by atoms with E-state index in [2.05, 4.69) is 10.2 Å². The number of aromatic amines is 1. The molecule has 1 heterocycles. The van der Waals surface area contributed by atoms with E-state index in [1.807, 2.05) is 13.8 Å². The Kier molecular flexibility index (Phi) is 3.84. The summed E-state index contributed by atoms with van der Waals surface area (Å²) >= 11 is 1.11. The van der Waals surface area contributed by atoms with Gasteiger partial charge in [-0.2, -0.15) is 0 Å². The quantitative estimate of drug-likeness (QED) is 0.738. The fourth-order valence-corrected chi connectivity index (χ4v) is 2.79. The summed E-state index contributed by atoms with van der Waals surface area (Å²) in [5, 5.41) is 15.9. The van der Waals surface area contributed by atoms with Crippen molar-refractivity contribution >= 4 is 23.4 Å². The summed E-state index contributed by atoms with van der Waals surface area (Å²) in [7, 11) is 0. The van der Waals surface area contributed by atoms with Crippen LogP contribution in [0, 0.1) is 0 Å². The Morgan fingerprint density at radius 2 is 2.20 bits per heavy atom. The maximum atomic E-state index is 11.6. The number of aromatic carboxylic acids is 1. The van der Waals surface area contributed by atoms with Crippen molar-refractivity contribution in [3.8, 4) is 0 Å². The maximum absolute atomic E-state index is 11.6. The Balaban J connectivity index is 2.45. The molecule has 4 N–H and O–H groups in total. The third-order valence-corrected chi connectivity index (χ3v) is 3.67. The summed E-state index contributed by atoms with van der Waals surface area (Å²) in [6.45, 7) is 3.70. The second-order valence-corrected chi connectivity index (χ2v) is 5.45. The highest BCUT2D eigenvalue weighted by molar-refractivity contribution is 7.99. The average Bonchev–Trinajstić information content (AvgIpc) is 2.72. The molecule has 0 aliphatic carbocycles. The van der Waals surface area contributed by atoms with Gasteiger partial charge in [-0.1, -0.05) is 0 Å². The predicted octanol–water partition coefficient (Wildman–Crippen LogP) is 1.58. The molecule has 2 rings (SSSR count). The highest BCUT2D eigenvalue weighted by Crippen LogP contribution is 2.30. The number of rotatable bonds is 4. The van der Waals surface area contributed by atoms with E-state index < -0.39 is 5.97 Å². The molecule has 2 aromatic rings. The molecule has 0 bridgehead atoms. The number of nitrogen functional groups attached to an aromatic ring is 1. The van der Waals surface area contributed by atoms with Crippen LogP contribution in [0.1, 0.15) is 30.2 Å². The van der Waals surface area contributed by atoms with Gasteiger partial charge in [-0.15, -0.1) is 5.10 Å². The fraction of sp³-hybridized carbons (Fsp3) is 0.250. The first kappa shape index (κ1) is 14.2. The van der Waals surface area contributed by atoms with Crippen LogP contribution in [0.2, 0.25) is 0 Å². The number of aromatic nitrogens is 3. The second-order valence-electron chi connectivity index (χ2n) is 4.44. The third-order valence-electron chi connectivity index (χ3n) is 2.62. The molecule has 0 spiro atoms. The lowest BCUT2D eigenvalue weighted by molar-refractivity contribution is 0.0693. The van der Waals surface area contributed by atoms with Crippen LogP contribution in [-0.2, 0) is 0 Å². The monoisotopic (exact) mass is 294 g/mol. The van der Waals surface area contributed by atoms with E-state index in [4.69, 9.17) is 5.73 Å². The molecule has 0 fully saturated rings. The van der Waals surface area contributed by atoms with Crippen LogP contribution in [0.3, 0.4) is 0 Å². The minimum absolute atomic E-state index is 0.0780. The zero-order chi connectivity index (χ0) is 14.9. The SMILES string of the molecule is CC(C)n1c(Sc2ccc(N)cc2C(=O)O)n[nH]c1=O. The van der Waals surface area contributed by atoms with Crippen molar-refractivity contribution in [1.29, 1.82) is 0 Å². The molecule has 0 saturated heterocycles. The van der Waals surface area contributed by atoms with Gasteiger partial charge in [0.25, 0.3) is 0 Å². The molecule has 0 amide bonds. The number of carboxylic acid groups (broad SMARTS) is 1. The van der Waals surface area contributed by atoms with Crippen molar-refractivity contribution in [3.63, 3.8) is 0 Å². The van der Waals surface area contributed by atoms with Gasteiger partial charge in [0.1, 0.15) is 0 Å². The minimum atomic E-state index is -1.08. The Hall–Kier alpha value is -2.22. The van der Waals surface area contributed by atoms with E-state index in [0.717, 1.165) is 11.8 Å². The van der Waals surface area contributed by atoms with Crippen LogP contribution >= 0.6 is 11.8 Å². The number of hydrogen-bond acceptors (Lipinski definition) is 5. The molecule has 1 aromatic carbocycles. The number of hydrogen-bond donors (Lipinski definition) is 3. The van der Waals surface area contributed by atoms with Gasteiger partial charge in [0.05, 0.1) is 5.56 Å². The van der Waals surface area contributed by atoms with Crippen LogP contribution in [-0.4, -0.2) is 25.8 Å². The molecule has 0 aliphatic rings. The highest BCUT2D eigenvalue weighted by atomic mass is 32.2. The van der Waals surface area contributed by atoms with Gasteiger partial charge in [0.2, 0.25) is 0 Å². The number of nitrogens with two attached hydrogens (primary N) is 1. The van der Waals surface area contributed by atoms with E-state index in [0.29, 0.717) is 15.7 Å². The summed E-state index contributed by atoms with van der Waals surface area (Å²) in [4.78, 5) is 23.3. The number of carboxylic acids is 1. The van der Waals surface area contributed by atoms with Gasteiger partial charge in [-0.25, -0.2) is 14.7 Å². The van der Waals surface area contributed by atoms with E-state index in [1.54, 1.807) is 12.1 Å². The molecule has 8 heteroatoms. The van der Waals surface area contributed by atoms with Crippen LogP contribution in [0.4, 0.5) is 5.69 Å². The van der Waals surface area contributed by atoms with Crippen LogP contribution in [0.15, 0.2) is 33.0 Å². The third kappa shape index (κ3) is 2.69. The number of benzene rings is 1. The predicted molar refractivity (Wildman–Crippen MR) is 75.2 cm³/mol. The maximum Gasteiger partial charge on any atom is 0.344 e. The van der Waals surface area contributed by atoms with Gasteiger partial charge >= 0.3 is 11.7 Å². The topological polar surface area (TPSA) is 114 Å². The van der Waals surface area contributed by atoms with Crippen LogP contribution < -0.4 is 11.4 Å². The number of carbonyl (C=O) groups is 1. The Labute approximate surface area is 118 Å². The molecule has 0 saturated carbocycles. The number of nitrogens with one attached hydrogen (secondary N) is 1. The van der Waals surface area contributed by atoms with Crippen molar-refractivity contribution in [2.75, 3.05) is 5.73 Å². The molecule has 0 radical (unpaired) electrons. The van der Waals surface area contributed by atoms with Gasteiger partial charge < -0.3 is 10.8 Å². The van der Waals surface area contributed by atoms with Crippen LogP contribution in [0.25, 0.3) is 0 Å². The Bertz CT molecular complexity index is 705. The van der Waals surface area contributed by atoms with Crippen molar-refractivity contribution in [2.24, 2.45) is 0 Å². The highest BCUT2D eigenvalue weighted by Gasteiger charge is 2.17. The lowest BCUT2D eigenvalue weighted by atomic mass is 10.2. The van der Waals surface area contributed by atoms with Crippen molar-refractivity contribution < 1.29 is 9.90 Å². The molecular formula is C12H14N4O3S.